The molecule has 1 heteroatoms. The summed E-state index contributed by atoms with van der Waals surface area (Å²) in [5, 5.41) is 0. The van der Waals surface area contributed by atoms with Gasteiger partial charge in [0.15, 0.2) is 0 Å². The Morgan fingerprint density at radius 1 is 1.14 bits per heavy atom. The van der Waals surface area contributed by atoms with Crippen molar-refractivity contribution in [2.45, 2.75) is 52.4 Å². The molecule has 2 aliphatic rings. The maximum atomic E-state index is 2.51. The fourth-order valence-electron chi connectivity index (χ4n) is 4.98. The largest absolute Gasteiger partial charge is 0.300 e. The molecule has 2 unspecified atom stereocenters. The molecule has 2 aliphatic carbocycles. The lowest BCUT2D eigenvalue weighted by molar-refractivity contribution is -0.854. The lowest BCUT2D eigenvalue weighted by Gasteiger charge is -2.33. The summed E-state index contributed by atoms with van der Waals surface area (Å²) in [5.74, 6) is 0.885. The van der Waals surface area contributed by atoms with Crippen LogP contribution in [0.4, 0.5) is 0 Å². The second-order valence-electron chi connectivity index (χ2n) is 8.73. The minimum absolute atomic E-state index is 0.567. The van der Waals surface area contributed by atoms with E-state index in [1.54, 1.807) is 11.3 Å². The fourth-order valence-corrected chi connectivity index (χ4v) is 4.98. The summed E-state index contributed by atoms with van der Waals surface area (Å²) in [7, 11) is 4.87. The van der Waals surface area contributed by atoms with Gasteiger partial charge in [0.05, 0.1) is 20.6 Å². The molecular weight excluding hydrogens is 266 g/mol. The molecule has 0 radical (unpaired) electrons. The van der Waals surface area contributed by atoms with Gasteiger partial charge in [0.2, 0.25) is 0 Å². The normalized spacial score (nSPS) is 28.3. The van der Waals surface area contributed by atoms with Crippen LogP contribution in [0.1, 0.15) is 51.5 Å². The zero-order valence-corrected chi connectivity index (χ0v) is 14.9. The average Bonchev–Trinajstić information content (AvgIpc) is 2.70. The summed E-state index contributed by atoms with van der Waals surface area (Å²) in [6.07, 6.45) is 7.96. The Morgan fingerprint density at radius 3 is 2.59 bits per heavy atom. The second-order valence-corrected chi connectivity index (χ2v) is 8.73. The number of benzene rings is 1. The molecule has 1 nitrogen and oxygen atoms in total. The van der Waals surface area contributed by atoms with Crippen LogP contribution in [0.2, 0.25) is 0 Å². The van der Waals surface area contributed by atoms with Gasteiger partial charge in [-0.05, 0) is 48.2 Å². The molecule has 0 spiro atoms. The third-order valence-electron chi connectivity index (χ3n) is 5.83. The number of fused-ring (bicyclic) bond motifs is 2. The zero-order chi connectivity index (χ0) is 15.8. The minimum Gasteiger partial charge on any atom is -0.300 e. The van der Waals surface area contributed by atoms with Crippen LogP contribution in [0.3, 0.4) is 0 Å². The molecule has 0 aliphatic heterocycles. The number of hydrogen-bond acceptors (Lipinski definition) is 0. The highest BCUT2D eigenvalue weighted by Gasteiger charge is 2.45. The molecule has 1 aromatic carbocycles. The Morgan fingerprint density at radius 2 is 1.86 bits per heavy atom. The summed E-state index contributed by atoms with van der Waals surface area (Å²) in [6, 6.07) is 10.9. The van der Waals surface area contributed by atoms with Crippen LogP contribution in [0.25, 0.3) is 0 Å². The van der Waals surface area contributed by atoms with Crippen molar-refractivity contribution in [1.29, 1.82) is 0 Å². The molecule has 0 saturated heterocycles. The second kappa shape index (κ2) is 5.85. The first-order valence-corrected chi connectivity index (χ1v) is 8.96. The molecule has 3 rings (SSSR count). The minimum atomic E-state index is 0.567. The van der Waals surface area contributed by atoms with Gasteiger partial charge in [-0.1, -0.05) is 44.2 Å². The van der Waals surface area contributed by atoms with Crippen molar-refractivity contribution in [3.8, 4) is 0 Å². The summed E-state index contributed by atoms with van der Waals surface area (Å²) in [6.45, 7) is 6.22. The van der Waals surface area contributed by atoms with Gasteiger partial charge < -0.3 is 0 Å². The highest BCUT2D eigenvalue weighted by atomic mass is 15.3. The predicted octanol–water partition coefficient (Wildman–Crippen LogP) is 5.18. The van der Waals surface area contributed by atoms with Crippen LogP contribution in [0.5, 0.6) is 0 Å². The Hall–Kier alpha value is -1.08. The first kappa shape index (κ1) is 15.8. The van der Waals surface area contributed by atoms with Gasteiger partial charge in [-0.25, -0.2) is 0 Å². The lowest BCUT2D eigenvalue weighted by atomic mass is 9.73. The Labute approximate surface area is 136 Å². The van der Waals surface area contributed by atoms with Crippen LogP contribution in [0, 0.1) is 11.3 Å². The number of rotatable bonds is 5. The first-order chi connectivity index (χ1) is 10.4. The van der Waals surface area contributed by atoms with E-state index >= 15 is 0 Å². The molecular formula is C21H32N+. The van der Waals surface area contributed by atoms with Gasteiger partial charge in [0, 0.05) is 12.8 Å². The van der Waals surface area contributed by atoms with Gasteiger partial charge in [-0.3, -0.25) is 4.48 Å². The van der Waals surface area contributed by atoms with Crippen molar-refractivity contribution in [2.75, 3.05) is 20.6 Å². The number of allylic oxidation sites excluding steroid dienone is 2. The smallest absolute Gasteiger partial charge is 0.108 e. The van der Waals surface area contributed by atoms with Crippen LogP contribution in [0.15, 0.2) is 41.6 Å². The van der Waals surface area contributed by atoms with E-state index < -0.39 is 0 Å². The summed E-state index contributed by atoms with van der Waals surface area (Å²) in [4.78, 5) is 0. The van der Waals surface area contributed by atoms with Crippen molar-refractivity contribution in [1.82, 2.24) is 0 Å². The molecule has 0 heterocycles. The number of hydrogen-bond donors (Lipinski definition) is 0. The van der Waals surface area contributed by atoms with Gasteiger partial charge in [0.1, 0.15) is 5.70 Å². The quantitative estimate of drug-likeness (QED) is 0.657. The van der Waals surface area contributed by atoms with Crippen LogP contribution in [-0.4, -0.2) is 25.1 Å². The van der Waals surface area contributed by atoms with E-state index in [-0.39, 0.29) is 0 Å². The predicted molar refractivity (Wildman–Crippen MR) is 94.5 cm³/mol. The Balaban J connectivity index is 1.64. The third-order valence-corrected chi connectivity index (χ3v) is 5.83. The highest BCUT2D eigenvalue weighted by Crippen LogP contribution is 2.54. The number of quaternary nitrogens is 1. The third kappa shape index (κ3) is 3.30. The molecule has 0 amide bonds. The monoisotopic (exact) mass is 298 g/mol. The Bertz CT molecular complexity index is 555. The molecule has 2 bridgehead atoms. The van der Waals surface area contributed by atoms with E-state index in [0.29, 0.717) is 5.41 Å². The molecule has 22 heavy (non-hydrogen) atoms. The lowest BCUT2D eigenvalue weighted by Crippen LogP contribution is -2.40. The van der Waals surface area contributed by atoms with Gasteiger partial charge in [-0.2, -0.15) is 0 Å². The van der Waals surface area contributed by atoms with Gasteiger partial charge in [-0.15, -0.1) is 0 Å². The maximum Gasteiger partial charge on any atom is 0.108 e. The van der Waals surface area contributed by atoms with Crippen molar-refractivity contribution < 1.29 is 4.48 Å². The standard InChI is InChI=1S/C21H32N/c1-17-13-19-15-21(2,14-17)16-20(19)22(3,4)12-8-11-18-9-6-5-7-10-18/h5-7,9-10,17H,8,11-16H2,1-4H3/q+1. The summed E-state index contributed by atoms with van der Waals surface area (Å²) in [5.41, 5.74) is 5.61. The van der Waals surface area contributed by atoms with E-state index in [1.807, 2.05) is 0 Å². The van der Waals surface area contributed by atoms with Crippen LogP contribution in [-0.2, 0) is 6.42 Å². The van der Waals surface area contributed by atoms with E-state index in [9.17, 15) is 0 Å². The highest BCUT2D eigenvalue weighted by molar-refractivity contribution is 5.23. The molecule has 0 aromatic heterocycles. The summed E-state index contributed by atoms with van der Waals surface area (Å²) < 4.78 is 1.12. The Kier molecular flexibility index (Phi) is 4.20. The number of nitrogens with zero attached hydrogens (tertiary/aromatic N) is 1. The van der Waals surface area contributed by atoms with E-state index in [0.717, 1.165) is 10.4 Å². The maximum absolute atomic E-state index is 2.51. The molecule has 1 aromatic rings. The topological polar surface area (TPSA) is 0 Å². The average molecular weight is 298 g/mol. The summed E-state index contributed by atoms with van der Waals surface area (Å²) >= 11 is 0. The van der Waals surface area contributed by atoms with Gasteiger partial charge >= 0.3 is 0 Å². The van der Waals surface area contributed by atoms with Crippen molar-refractivity contribution in [3.63, 3.8) is 0 Å². The van der Waals surface area contributed by atoms with Gasteiger partial charge in [0.25, 0.3) is 0 Å². The SMILES string of the molecule is CC1CC2=C([N+](C)(C)CCCc3ccccc3)CC(C)(C2)C1. The van der Waals surface area contributed by atoms with E-state index in [4.69, 9.17) is 0 Å². The fraction of sp³-hybridized carbons (Fsp3) is 0.619. The molecule has 2 atom stereocenters. The van der Waals surface area contributed by atoms with Crippen molar-refractivity contribution in [3.05, 3.63) is 47.2 Å². The van der Waals surface area contributed by atoms with Crippen LogP contribution >= 0.6 is 0 Å². The van der Waals surface area contributed by atoms with E-state index in [1.165, 1.54) is 50.6 Å². The van der Waals surface area contributed by atoms with Crippen LogP contribution < -0.4 is 0 Å². The zero-order valence-electron chi connectivity index (χ0n) is 14.9. The van der Waals surface area contributed by atoms with Crippen molar-refractivity contribution in [2.24, 2.45) is 11.3 Å². The molecule has 1 saturated carbocycles. The molecule has 1 fully saturated rings. The molecule has 120 valence electrons. The van der Waals surface area contributed by atoms with Crippen molar-refractivity contribution >= 4 is 0 Å². The molecule has 0 N–H and O–H groups in total. The van der Waals surface area contributed by atoms with E-state index in [2.05, 4.69) is 58.3 Å². The first-order valence-electron chi connectivity index (χ1n) is 8.96. The number of aryl methyl sites for hydroxylation is 1.